The lowest BCUT2D eigenvalue weighted by molar-refractivity contribution is -0.126. The molecule has 1 aromatic heterocycles. The molecule has 2 amide bonds. The van der Waals surface area contributed by atoms with Crippen molar-refractivity contribution < 1.29 is 14.0 Å². The van der Waals surface area contributed by atoms with Gasteiger partial charge >= 0.3 is 0 Å². The minimum absolute atomic E-state index is 0.0971. The highest BCUT2D eigenvalue weighted by Crippen LogP contribution is 2.50. The molecule has 1 heterocycles. The smallest absolute Gasteiger partial charge is 0.254 e. The second-order valence-electron chi connectivity index (χ2n) is 9.23. The molecule has 6 nitrogen and oxygen atoms in total. The average molecular weight is 481 g/mol. The Morgan fingerprint density at radius 2 is 2.00 bits per heavy atom. The summed E-state index contributed by atoms with van der Waals surface area (Å²) < 4.78 is 14.9. The van der Waals surface area contributed by atoms with E-state index in [-0.39, 0.29) is 44.8 Å². The fourth-order valence-corrected chi connectivity index (χ4v) is 5.56. The largest absolute Gasteiger partial charge is 0.349 e. The lowest BCUT2D eigenvalue weighted by Crippen LogP contribution is -2.42. The maximum atomic E-state index is 14.9. The van der Waals surface area contributed by atoms with Crippen LogP contribution in [0.1, 0.15) is 73.8 Å². The first-order valence-corrected chi connectivity index (χ1v) is 11.8. The van der Waals surface area contributed by atoms with Crippen LogP contribution in [0.2, 0.25) is 10.0 Å². The van der Waals surface area contributed by atoms with Crippen molar-refractivity contribution in [3.63, 3.8) is 0 Å². The van der Waals surface area contributed by atoms with E-state index in [4.69, 9.17) is 23.2 Å². The van der Waals surface area contributed by atoms with E-state index in [0.29, 0.717) is 24.8 Å². The Balaban J connectivity index is 1.49. The van der Waals surface area contributed by atoms with Crippen LogP contribution in [0.5, 0.6) is 0 Å². The van der Waals surface area contributed by atoms with E-state index in [0.717, 1.165) is 25.7 Å². The van der Waals surface area contributed by atoms with Crippen LogP contribution >= 0.6 is 23.2 Å². The van der Waals surface area contributed by atoms with Gasteiger partial charge in [0.25, 0.3) is 5.91 Å². The molecule has 0 spiro atoms. The van der Waals surface area contributed by atoms with Crippen LogP contribution in [0.3, 0.4) is 0 Å². The molecular weight excluding hydrogens is 454 g/mol. The summed E-state index contributed by atoms with van der Waals surface area (Å²) in [6.07, 6.45) is 8.66. The number of benzene rings is 1. The molecule has 0 unspecified atom stereocenters. The number of H-pyrrole nitrogens is 1. The van der Waals surface area contributed by atoms with Crippen molar-refractivity contribution in [2.75, 3.05) is 0 Å². The molecule has 3 N–H and O–H groups in total. The normalized spacial score (nSPS) is 23.1. The fourth-order valence-electron chi connectivity index (χ4n) is 5.13. The number of amides is 2. The van der Waals surface area contributed by atoms with Crippen LogP contribution in [0, 0.1) is 17.2 Å². The predicted molar refractivity (Wildman–Crippen MR) is 121 cm³/mol. The van der Waals surface area contributed by atoms with Gasteiger partial charge in [0.05, 0.1) is 27.8 Å². The first-order chi connectivity index (χ1) is 15.3. The van der Waals surface area contributed by atoms with Crippen molar-refractivity contribution >= 4 is 35.0 Å². The van der Waals surface area contributed by atoms with Gasteiger partial charge in [0.2, 0.25) is 5.91 Å². The summed E-state index contributed by atoms with van der Waals surface area (Å²) in [4.78, 5) is 25.5. The monoisotopic (exact) mass is 480 g/mol. The Hall–Kier alpha value is -2.12. The summed E-state index contributed by atoms with van der Waals surface area (Å²) >= 11 is 12.6. The molecule has 2 saturated carbocycles. The molecule has 32 heavy (non-hydrogen) atoms. The molecule has 3 atom stereocenters. The van der Waals surface area contributed by atoms with Gasteiger partial charge in [-0.1, -0.05) is 43.0 Å². The highest BCUT2D eigenvalue weighted by molar-refractivity contribution is 6.42. The number of hydrogen-bond acceptors (Lipinski definition) is 3. The van der Waals surface area contributed by atoms with Crippen LogP contribution in [-0.4, -0.2) is 28.1 Å². The zero-order valence-corrected chi connectivity index (χ0v) is 19.4. The van der Waals surface area contributed by atoms with Crippen molar-refractivity contribution in [3.8, 4) is 0 Å². The molecule has 2 aliphatic rings. The molecule has 2 aliphatic carbocycles. The number of aromatic amines is 1. The molecule has 2 fully saturated rings. The lowest BCUT2D eigenvalue weighted by Gasteiger charge is -2.36. The number of rotatable bonds is 6. The predicted octanol–water partition coefficient (Wildman–Crippen LogP) is 5.19. The van der Waals surface area contributed by atoms with E-state index < -0.39 is 11.9 Å². The highest BCUT2D eigenvalue weighted by atomic mass is 35.5. The number of aromatic nitrogens is 2. The van der Waals surface area contributed by atoms with E-state index in [9.17, 15) is 14.0 Å². The van der Waals surface area contributed by atoms with Crippen molar-refractivity contribution in [3.05, 3.63) is 51.5 Å². The van der Waals surface area contributed by atoms with Crippen molar-refractivity contribution in [1.29, 1.82) is 0 Å². The SMILES string of the molecule is CC1([C@H](NC(=O)[C@H]2CC[C@@H](NC(=O)c3cn[nH]c3)C2)c2c(F)ccc(Cl)c2Cl)CCCC1. The fraction of sp³-hybridized carbons (Fsp3) is 0.522. The van der Waals surface area contributed by atoms with Crippen LogP contribution in [0.15, 0.2) is 24.5 Å². The highest BCUT2D eigenvalue weighted by Gasteiger charge is 2.43. The Morgan fingerprint density at radius 3 is 2.69 bits per heavy atom. The van der Waals surface area contributed by atoms with Gasteiger partial charge in [-0.3, -0.25) is 14.7 Å². The summed E-state index contributed by atoms with van der Waals surface area (Å²) in [6.45, 7) is 2.07. The van der Waals surface area contributed by atoms with Crippen LogP contribution in [-0.2, 0) is 4.79 Å². The summed E-state index contributed by atoms with van der Waals surface area (Å²) in [5.74, 6) is -1.08. The molecule has 9 heteroatoms. The van der Waals surface area contributed by atoms with Gasteiger partial charge in [-0.15, -0.1) is 0 Å². The first kappa shape index (κ1) is 23.1. The van der Waals surface area contributed by atoms with Crippen molar-refractivity contribution in [1.82, 2.24) is 20.8 Å². The van der Waals surface area contributed by atoms with E-state index in [1.165, 1.54) is 24.5 Å². The van der Waals surface area contributed by atoms with Gasteiger partial charge in [0.1, 0.15) is 5.82 Å². The third kappa shape index (κ3) is 4.64. The zero-order chi connectivity index (χ0) is 22.9. The molecule has 4 rings (SSSR count). The van der Waals surface area contributed by atoms with Gasteiger partial charge in [-0.05, 0) is 49.7 Å². The second-order valence-corrected chi connectivity index (χ2v) is 10.0. The molecule has 0 aliphatic heterocycles. The van der Waals surface area contributed by atoms with E-state index in [1.807, 2.05) is 0 Å². The standard InChI is InChI=1S/C23H27Cl2FN4O2/c1-23(8-2-3-9-23)20(18-17(26)7-6-16(24)19(18)25)30-21(31)13-4-5-15(10-13)29-22(32)14-11-27-28-12-14/h6-7,11-13,15,20H,2-5,8-10H2,1H3,(H,27,28)(H,29,32)(H,30,31)/t13-,15+,20+/m0/s1. The van der Waals surface area contributed by atoms with Gasteiger partial charge in [-0.25, -0.2) is 4.39 Å². The quantitative estimate of drug-likeness (QED) is 0.497. The molecule has 0 saturated heterocycles. The number of hydrogen-bond donors (Lipinski definition) is 3. The maximum Gasteiger partial charge on any atom is 0.254 e. The molecule has 2 aromatic rings. The Bertz CT molecular complexity index is 992. The second kappa shape index (κ2) is 9.40. The number of carbonyl (C=O) groups is 2. The van der Waals surface area contributed by atoms with Crippen molar-refractivity contribution in [2.45, 2.75) is 64.0 Å². The Labute approximate surface area is 196 Å². The minimum atomic E-state index is -0.566. The zero-order valence-electron chi connectivity index (χ0n) is 17.9. The van der Waals surface area contributed by atoms with E-state index >= 15 is 0 Å². The Morgan fingerprint density at radius 1 is 1.25 bits per heavy atom. The minimum Gasteiger partial charge on any atom is -0.349 e. The van der Waals surface area contributed by atoms with Gasteiger partial charge in [0, 0.05) is 23.7 Å². The molecule has 172 valence electrons. The summed E-state index contributed by atoms with van der Waals surface area (Å²) in [7, 11) is 0. The number of nitrogens with one attached hydrogen (secondary N) is 3. The van der Waals surface area contributed by atoms with Crippen molar-refractivity contribution in [2.24, 2.45) is 11.3 Å². The van der Waals surface area contributed by atoms with E-state index in [2.05, 4.69) is 27.8 Å². The van der Waals surface area contributed by atoms with Crippen LogP contribution < -0.4 is 10.6 Å². The number of nitrogens with zero attached hydrogens (tertiary/aromatic N) is 1. The third-order valence-electron chi connectivity index (χ3n) is 7.00. The van der Waals surface area contributed by atoms with Crippen LogP contribution in [0.4, 0.5) is 4.39 Å². The molecule has 0 bridgehead atoms. The van der Waals surface area contributed by atoms with Gasteiger partial charge in [-0.2, -0.15) is 5.10 Å². The maximum absolute atomic E-state index is 14.9. The topological polar surface area (TPSA) is 86.9 Å². The number of carbonyl (C=O) groups excluding carboxylic acids is 2. The lowest BCUT2D eigenvalue weighted by atomic mass is 9.76. The molecule has 0 radical (unpaired) electrons. The first-order valence-electron chi connectivity index (χ1n) is 11.0. The summed E-state index contributed by atoms with van der Waals surface area (Å²) in [6, 6.07) is 2.07. The Kier molecular flexibility index (Phi) is 6.77. The number of halogens is 3. The van der Waals surface area contributed by atoms with Crippen LogP contribution in [0.25, 0.3) is 0 Å². The van der Waals surface area contributed by atoms with E-state index in [1.54, 1.807) is 0 Å². The third-order valence-corrected chi connectivity index (χ3v) is 7.82. The molecule has 1 aromatic carbocycles. The van der Waals surface area contributed by atoms with Gasteiger partial charge < -0.3 is 10.6 Å². The summed E-state index contributed by atoms with van der Waals surface area (Å²) in [5, 5.41) is 12.9. The molecular formula is C23H27Cl2FN4O2. The van der Waals surface area contributed by atoms with Gasteiger partial charge in [0.15, 0.2) is 0 Å². The summed E-state index contributed by atoms with van der Waals surface area (Å²) in [5.41, 5.74) is 0.413. The average Bonchev–Trinajstić information content (AvgIpc) is 3.52.